The first-order chi connectivity index (χ1) is 11.2. The summed E-state index contributed by atoms with van der Waals surface area (Å²) in [5.74, 6) is 1.01. The molecule has 2 aromatic rings. The van der Waals surface area contributed by atoms with E-state index in [-0.39, 0.29) is 12.1 Å². The summed E-state index contributed by atoms with van der Waals surface area (Å²) < 4.78 is 0. The summed E-state index contributed by atoms with van der Waals surface area (Å²) in [7, 11) is 0. The van der Waals surface area contributed by atoms with Gasteiger partial charge in [0.2, 0.25) is 0 Å². The zero-order valence-corrected chi connectivity index (χ0v) is 14.1. The minimum Gasteiger partial charge on any atom is -0.357 e. The van der Waals surface area contributed by atoms with Gasteiger partial charge in [-0.1, -0.05) is 6.07 Å². The van der Waals surface area contributed by atoms with Crippen molar-refractivity contribution < 1.29 is 4.79 Å². The zero-order chi connectivity index (χ0) is 16.1. The predicted octanol–water partition coefficient (Wildman–Crippen LogP) is 3.30. The van der Waals surface area contributed by atoms with Crippen LogP contribution in [0.5, 0.6) is 0 Å². The van der Waals surface area contributed by atoms with Crippen molar-refractivity contribution in [2.24, 2.45) is 0 Å². The topological polar surface area (TPSA) is 57.3 Å². The van der Waals surface area contributed by atoms with Gasteiger partial charge in [-0.05, 0) is 48.9 Å². The van der Waals surface area contributed by atoms with Crippen molar-refractivity contribution in [2.45, 2.75) is 32.4 Å². The number of carbonyl (C=O) groups is 1. The Morgan fingerprint density at radius 3 is 2.96 bits per heavy atom. The van der Waals surface area contributed by atoms with Crippen molar-refractivity contribution in [1.82, 2.24) is 15.6 Å². The predicted molar refractivity (Wildman–Crippen MR) is 93.8 cm³/mol. The smallest absolute Gasteiger partial charge is 0.315 e. The van der Waals surface area contributed by atoms with E-state index in [1.54, 1.807) is 11.3 Å². The minimum absolute atomic E-state index is 0.0209. The Bertz CT molecular complexity index is 638. The second-order valence-electron chi connectivity index (χ2n) is 5.78. The molecule has 0 bridgehead atoms. The molecule has 1 saturated heterocycles. The lowest BCUT2D eigenvalue weighted by atomic mass is 10.2. The van der Waals surface area contributed by atoms with Gasteiger partial charge in [-0.2, -0.15) is 0 Å². The standard InChI is InChI=1S/C17H22N4OS/c1-13(15-5-4-10-23-15)20-17(22)19-12-14-6-7-18-16(11-14)21-8-2-3-9-21/h4-7,10-11,13H,2-3,8-9,12H2,1H3,(H2,19,20,22). The number of nitrogens with zero attached hydrogens (tertiary/aromatic N) is 2. The van der Waals surface area contributed by atoms with E-state index in [0.717, 1.165) is 29.3 Å². The third-order valence-corrected chi connectivity index (χ3v) is 5.07. The highest BCUT2D eigenvalue weighted by Crippen LogP contribution is 2.19. The molecule has 23 heavy (non-hydrogen) atoms. The molecule has 1 aliphatic rings. The summed E-state index contributed by atoms with van der Waals surface area (Å²) in [6, 6.07) is 7.91. The van der Waals surface area contributed by atoms with Crippen molar-refractivity contribution in [3.8, 4) is 0 Å². The van der Waals surface area contributed by atoms with Gasteiger partial charge in [0.15, 0.2) is 0 Å². The van der Waals surface area contributed by atoms with Gasteiger partial charge in [-0.15, -0.1) is 11.3 Å². The number of pyridine rings is 1. The van der Waals surface area contributed by atoms with Gasteiger partial charge in [0.05, 0.1) is 6.04 Å². The molecule has 3 heterocycles. The molecule has 122 valence electrons. The molecule has 0 aliphatic carbocycles. The maximum atomic E-state index is 12.0. The van der Waals surface area contributed by atoms with Crippen LogP contribution in [-0.2, 0) is 6.54 Å². The Hall–Kier alpha value is -2.08. The summed E-state index contributed by atoms with van der Waals surface area (Å²) >= 11 is 1.65. The molecule has 1 unspecified atom stereocenters. The van der Waals surface area contributed by atoms with E-state index in [9.17, 15) is 4.79 Å². The summed E-state index contributed by atoms with van der Waals surface area (Å²) in [6.07, 6.45) is 4.27. The molecule has 0 radical (unpaired) electrons. The average molecular weight is 330 g/mol. The van der Waals surface area contributed by atoms with Crippen molar-refractivity contribution in [3.63, 3.8) is 0 Å². The van der Waals surface area contributed by atoms with Crippen molar-refractivity contribution in [2.75, 3.05) is 18.0 Å². The molecule has 5 nitrogen and oxygen atoms in total. The van der Waals surface area contributed by atoms with Crippen LogP contribution in [0, 0.1) is 0 Å². The largest absolute Gasteiger partial charge is 0.357 e. The SMILES string of the molecule is CC(NC(=O)NCc1ccnc(N2CCCC2)c1)c1cccs1. The maximum Gasteiger partial charge on any atom is 0.315 e. The van der Waals surface area contributed by atoms with Crippen molar-refractivity contribution in [3.05, 3.63) is 46.3 Å². The van der Waals surface area contributed by atoms with Crippen LogP contribution in [0.15, 0.2) is 35.8 Å². The van der Waals surface area contributed by atoms with Gasteiger partial charge in [0, 0.05) is 30.7 Å². The van der Waals surface area contributed by atoms with E-state index < -0.39 is 0 Å². The second-order valence-corrected chi connectivity index (χ2v) is 6.76. The fourth-order valence-electron chi connectivity index (χ4n) is 2.73. The average Bonchev–Trinajstić information content (AvgIpc) is 3.26. The summed E-state index contributed by atoms with van der Waals surface area (Å²) in [5.41, 5.74) is 1.07. The van der Waals surface area contributed by atoms with Crippen LogP contribution in [0.4, 0.5) is 10.6 Å². The highest BCUT2D eigenvalue weighted by molar-refractivity contribution is 7.10. The molecule has 3 rings (SSSR count). The molecule has 1 atom stereocenters. The molecule has 6 heteroatoms. The number of rotatable bonds is 5. The molecule has 2 N–H and O–H groups in total. The number of anilines is 1. The Balaban J connectivity index is 1.51. The van der Waals surface area contributed by atoms with Crippen LogP contribution in [0.1, 0.15) is 36.2 Å². The molecule has 2 aromatic heterocycles. The number of aromatic nitrogens is 1. The molecule has 0 aromatic carbocycles. The van der Waals surface area contributed by atoms with Crippen LogP contribution in [0.3, 0.4) is 0 Å². The first kappa shape index (κ1) is 15.8. The van der Waals surface area contributed by atoms with Crippen LogP contribution in [-0.4, -0.2) is 24.1 Å². The monoisotopic (exact) mass is 330 g/mol. The number of amides is 2. The molecule has 0 saturated carbocycles. The quantitative estimate of drug-likeness (QED) is 0.884. The third kappa shape index (κ3) is 4.22. The first-order valence-corrected chi connectivity index (χ1v) is 8.88. The Kier molecular flexibility index (Phi) is 5.12. The van der Waals surface area contributed by atoms with Gasteiger partial charge in [0.25, 0.3) is 0 Å². The summed E-state index contributed by atoms with van der Waals surface area (Å²) in [5, 5.41) is 7.89. The summed E-state index contributed by atoms with van der Waals surface area (Å²) in [4.78, 5) is 19.9. The van der Waals surface area contributed by atoms with Gasteiger partial charge in [-0.25, -0.2) is 9.78 Å². The number of urea groups is 1. The number of hydrogen-bond acceptors (Lipinski definition) is 4. The molecule has 1 fully saturated rings. The Labute approximate surface area is 140 Å². The lowest BCUT2D eigenvalue weighted by Crippen LogP contribution is -2.36. The van der Waals surface area contributed by atoms with E-state index in [2.05, 4.69) is 26.6 Å². The number of hydrogen-bond donors (Lipinski definition) is 2. The van der Waals surface area contributed by atoms with Crippen molar-refractivity contribution >= 4 is 23.2 Å². The van der Waals surface area contributed by atoms with Gasteiger partial charge >= 0.3 is 6.03 Å². The Morgan fingerprint density at radius 1 is 1.39 bits per heavy atom. The molecular weight excluding hydrogens is 308 g/mol. The fraction of sp³-hybridized carbons (Fsp3) is 0.412. The zero-order valence-electron chi connectivity index (χ0n) is 13.3. The highest BCUT2D eigenvalue weighted by atomic mass is 32.1. The molecule has 1 aliphatic heterocycles. The molecular formula is C17H22N4OS. The fourth-order valence-corrected chi connectivity index (χ4v) is 3.46. The Morgan fingerprint density at radius 2 is 2.22 bits per heavy atom. The number of nitrogens with one attached hydrogen (secondary N) is 2. The number of carbonyl (C=O) groups excluding carboxylic acids is 1. The van der Waals surface area contributed by atoms with E-state index >= 15 is 0 Å². The van der Waals surface area contributed by atoms with E-state index in [1.165, 1.54) is 12.8 Å². The van der Waals surface area contributed by atoms with Gasteiger partial charge in [0.1, 0.15) is 5.82 Å². The first-order valence-electron chi connectivity index (χ1n) is 8.00. The third-order valence-electron chi connectivity index (χ3n) is 4.01. The molecule has 0 spiro atoms. The van der Waals surface area contributed by atoms with Crippen LogP contribution in [0.2, 0.25) is 0 Å². The minimum atomic E-state index is -0.148. The summed E-state index contributed by atoms with van der Waals surface area (Å²) in [6.45, 7) is 4.64. The maximum absolute atomic E-state index is 12.0. The van der Waals surface area contributed by atoms with Gasteiger partial charge < -0.3 is 15.5 Å². The normalized spacial score (nSPS) is 15.4. The van der Waals surface area contributed by atoms with E-state index in [0.29, 0.717) is 6.54 Å². The van der Waals surface area contributed by atoms with E-state index in [4.69, 9.17) is 0 Å². The van der Waals surface area contributed by atoms with Crippen molar-refractivity contribution in [1.29, 1.82) is 0 Å². The number of thiophene rings is 1. The van der Waals surface area contributed by atoms with Crippen LogP contribution < -0.4 is 15.5 Å². The van der Waals surface area contributed by atoms with E-state index in [1.807, 2.05) is 36.7 Å². The lowest BCUT2D eigenvalue weighted by Gasteiger charge is -2.17. The lowest BCUT2D eigenvalue weighted by molar-refractivity contribution is 0.237. The van der Waals surface area contributed by atoms with Crippen LogP contribution in [0.25, 0.3) is 0 Å². The highest BCUT2D eigenvalue weighted by Gasteiger charge is 2.14. The second kappa shape index (κ2) is 7.46. The van der Waals surface area contributed by atoms with Crippen LogP contribution >= 0.6 is 11.3 Å². The van der Waals surface area contributed by atoms with Gasteiger partial charge in [-0.3, -0.25) is 0 Å². The molecule has 2 amide bonds.